The van der Waals surface area contributed by atoms with E-state index in [0.717, 1.165) is 17.4 Å². The van der Waals surface area contributed by atoms with Crippen LogP contribution >= 0.6 is 0 Å². The fourth-order valence-electron chi connectivity index (χ4n) is 3.20. The van der Waals surface area contributed by atoms with Crippen molar-refractivity contribution in [2.24, 2.45) is 14.1 Å². The van der Waals surface area contributed by atoms with Crippen LogP contribution in [0.3, 0.4) is 0 Å². The van der Waals surface area contributed by atoms with Crippen LogP contribution in [-0.2, 0) is 20.6 Å². The summed E-state index contributed by atoms with van der Waals surface area (Å²) in [5, 5.41) is 13.6. The number of hydrogen-bond donors (Lipinski definition) is 0. The van der Waals surface area contributed by atoms with Crippen LogP contribution in [0.2, 0.25) is 0 Å². The van der Waals surface area contributed by atoms with Crippen molar-refractivity contribution in [2.75, 3.05) is 11.4 Å². The molecule has 1 fully saturated rings. The third-order valence-electron chi connectivity index (χ3n) is 4.35. The van der Waals surface area contributed by atoms with E-state index in [9.17, 15) is 14.9 Å². The lowest BCUT2D eigenvalue weighted by atomic mass is 10.2. The Balaban J connectivity index is 2.09. The second-order valence-electron chi connectivity index (χ2n) is 5.73. The van der Waals surface area contributed by atoms with Gasteiger partial charge in [0.2, 0.25) is 0 Å². The average Bonchev–Trinajstić information content (AvgIpc) is 3.21. The highest BCUT2D eigenvalue weighted by molar-refractivity contribution is 5.54. The maximum Gasteiger partial charge on any atom is 0.332 e. The van der Waals surface area contributed by atoms with Crippen LogP contribution in [0.25, 0.3) is 0 Å². The van der Waals surface area contributed by atoms with Gasteiger partial charge in [-0.05, 0) is 18.9 Å². The molecule has 2 aromatic heterocycles. The van der Waals surface area contributed by atoms with Crippen LogP contribution in [0.4, 0.5) is 5.82 Å². The molecule has 1 aliphatic rings. The van der Waals surface area contributed by atoms with Gasteiger partial charge in [0.25, 0.3) is 5.56 Å². The van der Waals surface area contributed by atoms with E-state index >= 15 is 0 Å². The molecule has 8 heteroatoms. The molecule has 0 saturated carbocycles. The van der Waals surface area contributed by atoms with Crippen molar-refractivity contribution in [2.45, 2.75) is 25.4 Å². The molecule has 0 bridgehead atoms. The largest absolute Gasteiger partial charge is 0.352 e. The number of nitriles is 1. The molecule has 1 atom stereocenters. The molecular formula is C15H18N6O2. The Labute approximate surface area is 132 Å². The molecule has 3 heterocycles. The van der Waals surface area contributed by atoms with Crippen molar-refractivity contribution in [3.63, 3.8) is 0 Å². The number of rotatable bonds is 3. The molecule has 8 nitrogen and oxygen atoms in total. The maximum atomic E-state index is 12.3. The Kier molecular flexibility index (Phi) is 3.78. The Morgan fingerprint density at radius 2 is 2.13 bits per heavy atom. The average molecular weight is 314 g/mol. The summed E-state index contributed by atoms with van der Waals surface area (Å²) in [5.74, 6) is 0.412. The number of anilines is 1. The van der Waals surface area contributed by atoms with Crippen molar-refractivity contribution in [1.29, 1.82) is 5.26 Å². The smallest absolute Gasteiger partial charge is 0.332 e. The molecule has 3 rings (SSSR count). The Morgan fingerprint density at radius 1 is 1.35 bits per heavy atom. The molecule has 0 radical (unpaired) electrons. The van der Waals surface area contributed by atoms with Gasteiger partial charge in [-0.25, -0.2) is 4.79 Å². The topological polar surface area (TPSA) is 88.8 Å². The molecule has 23 heavy (non-hydrogen) atoms. The minimum Gasteiger partial charge on any atom is -0.352 e. The molecular weight excluding hydrogens is 296 g/mol. The monoisotopic (exact) mass is 314 g/mol. The lowest BCUT2D eigenvalue weighted by Crippen LogP contribution is -2.44. The van der Waals surface area contributed by atoms with Gasteiger partial charge < -0.3 is 4.90 Å². The van der Waals surface area contributed by atoms with E-state index in [0.29, 0.717) is 18.9 Å². The van der Waals surface area contributed by atoms with Gasteiger partial charge >= 0.3 is 5.69 Å². The van der Waals surface area contributed by atoms with Crippen LogP contribution in [-0.4, -0.2) is 31.5 Å². The van der Waals surface area contributed by atoms with Gasteiger partial charge in [-0.1, -0.05) is 0 Å². The Morgan fingerprint density at radius 3 is 2.78 bits per heavy atom. The number of nitrogens with zero attached hydrogens (tertiary/aromatic N) is 6. The molecule has 0 unspecified atom stereocenters. The predicted molar refractivity (Wildman–Crippen MR) is 84.2 cm³/mol. The highest BCUT2D eigenvalue weighted by Crippen LogP contribution is 2.26. The van der Waals surface area contributed by atoms with Crippen molar-refractivity contribution in [3.8, 4) is 6.07 Å². The van der Waals surface area contributed by atoms with E-state index in [1.807, 2.05) is 27.9 Å². The molecule has 1 aliphatic heterocycles. The quantitative estimate of drug-likeness (QED) is 0.784. The first kappa shape index (κ1) is 15.1. The van der Waals surface area contributed by atoms with E-state index in [1.54, 1.807) is 13.2 Å². The highest BCUT2D eigenvalue weighted by atomic mass is 16.2. The van der Waals surface area contributed by atoms with Gasteiger partial charge in [-0.2, -0.15) is 10.4 Å². The van der Waals surface area contributed by atoms with E-state index in [2.05, 4.69) is 5.10 Å². The molecule has 120 valence electrons. The van der Waals surface area contributed by atoms with Crippen molar-refractivity contribution in [1.82, 2.24) is 18.9 Å². The minimum atomic E-state index is -0.546. The summed E-state index contributed by atoms with van der Waals surface area (Å²) in [6.07, 6.45) is 5.47. The number of aromatic nitrogens is 4. The zero-order valence-electron chi connectivity index (χ0n) is 13.1. The molecule has 2 aromatic rings. The zero-order valence-corrected chi connectivity index (χ0v) is 13.1. The second-order valence-corrected chi connectivity index (χ2v) is 5.73. The summed E-state index contributed by atoms with van der Waals surface area (Å²) in [4.78, 5) is 26.5. The van der Waals surface area contributed by atoms with Gasteiger partial charge in [-0.3, -0.25) is 18.6 Å². The first-order chi connectivity index (χ1) is 11.0. The summed E-state index contributed by atoms with van der Waals surface area (Å²) in [5.41, 5.74) is -0.953. The summed E-state index contributed by atoms with van der Waals surface area (Å²) >= 11 is 0. The van der Waals surface area contributed by atoms with Crippen LogP contribution in [0.15, 0.2) is 28.0 Å². The lowest BCUT2D eigenvalue weighted by Gasteiger charge is -2.29. The van der Waals surface area contributed by atoms with Crippen molar-refractivity contribution in [3.05, 3.63) is 44.9 Å². The van der Waals surface area contributed by atoms with Crippen LogP contribution in [0.1, 0.15) is 18.4 Å². The van der Waals surface area contributed by atoms with E-state index < -0.39 is 11.2 Å². The van der Waals surface area contributed by atoms with Crippen LogP contribution in [0, 0.1) is 11.3 Å². The second kappa shape index (κ2) is 5.76. The fourth-order valence-corrected chi connectivity index (χ4v) is 3.20. The molecule has 0 aromatic carbocycles. The van der Waals surface area contributed by atoms with Gasteiger partial charge in [-0.15, -0.1) is 0 Å². The Bertz CT molecular complexity index is 871. The van der Waals surface area contributed by atoms with E-state index in [1.165, 1.54) is 11.6 Å². The SMILES string of the molecule is Cn1c(N2CCC[C@@H]2Cn2cccn2)c(C#N)c(=O)n(C)c1=O. The predicted octanol–water partition coefficient (Wildman–Crippen LogP) is -0.179. The molecule has 1 saturated heterocycles. The number of hydrogen-bond acceptors (Lipinski definition) is 5. The lowest BCUT2D eigenvalue weighted by molar-refractivity contribution is 0.501. The van der Waals surface area contributed by atoms with E-state index in [4.69, 9.17) is 0 Å². The van der Waals surface area contributed by atoms with E-state index in [-0.39, 0.29) is 11.6 Å². The summed E-state index contributed by atoms with van der Waals surface area (Å²) < 4.78 is 4.19. The van der Waals surface area contributed by atoms with Crippen molar-refractivity contribution >= 4 is 5.82 Å². The van der Waals surface area contributed by atoms with Gasteiger partial charge in [0.05, 0.1) is 12.6 Å². The minimum absolute atomic E-state index is 0.0157. The standard InChI is InChI=1S/C15H18N6O2/c1-18-13(12(9-16)14(22)19(2)15(18)23)21-8-3-5-11(21)10-20-7-4-6-17-20/h4,6-7,11H,3,5,8,10H2,1-2H3/t11-/m1/s1. The zero-order chi connectivity index (χ0) is 16.6. The molecule has 0 aliphatic carbocycles. The first-order valence-corrected chi connectivity index (χ1v) is 7.48. The fraction of sp³-hybridized carbons (Fsp3) is 0.467. The normalized spacial score (nSPS) is 17.4. The summed E-state index contributed by atoms with van der Waals surface area (Å²) in [7, 11) is 2.99. The molecule has 0 spiro atoms. The van der Waals surface area contributed by atoms with Crippen LogP contribution < -0.4 is 16.1 Å². The van der Waals surface area contributed by atoms with Crippen LogP contribution in [0.5, 0.6) is 0 Å². The van der Waals surface area contributed by atoms with Gasteiger partial charge in [0.15, 0.2) is 5.56 Å². The molecule has 0 N–H and O–H groups in total. The Hall–Kier alpha value is -2.82. The third-order valence-corrected chi connectivity index (χ3v) is 4.35. The van der Waals surface area contributed by atoms with Crippen molar-refractivity contribution < 1.29 is 0 Å². The first-order valence-electron chi connectivity index (χ1n) is 7.48. The summed E-state index contributed by atoms with van der Waals surface area (Å²) in [6, 6.07) is 3.92. The third kappa shape index (κ3) is 2.44. The summed E-state index contributed by atoms with van der Waals surface area (Å²) in [6.45, 7) is 1.36. The molecule has 0 amide bonds. The van der Waals surface area contributed by atoms with Gasteiger partial charge in [0.1, 0.15) is 11.9 Å². The highest BCUT2D eigenvalue weighted by Gasteiger charge is 2.30. The maximum absolute atomic E-state index is 12.3. The van der Waals surface area contributed by atoms with Gasteiger partial charge in [0, 0.05) is 33.0 Å².